The van der Waals surface area contributed by atoms with Crippen molar-refractivity contribution in [3.63, 3.8) is 0 Å². The first-order valence-corrected chi connectivity index (χ1v) is 8.79. The molecule has 24 heavy (non-hydrogen) atoms. The topological polar surface area (TPSA) is 46.3 Å². The molecule has 1 aliphatic rings. The van der Waals surface area contributed by atoms with Crippen LogP contribution in [0.5, 0.6) is 0 Å². The van der Waals surface area contributed by atoms with Crippen LogP contribution in [0.15, 0.2) is 54.6 Å². The molecule has 0 aliphatic heterocycles. The lowest BCUT2D eigenvalue weighted by molar-refractivity contribution is -0.133. The van der Waals surface area contributed by atoms with Crippen LogP contribution in [0.2, 0.25) is 0 Å². The second-order valence-electron chi connectivity index (χ2n) is 6.69. The second-order valence-corrected chi connectivity index (χ2v) is 6.69. The van der Waals surface area contributed by atoms with E-state index in [-0.39, 0.29) is 11.8 Å². The van der Waals surface area contributed by atoms with Crippen LogP contribution in [-0.2, 0) is 11.3 Å². The summed E-state index contributed by atoms with van der Waals surface area (Å²) in [4.78, 5) is 15.0. The van der Waals surface area contributed by atoms with E-state index in [0.717, 1.165) is 19.4 Å². The number of hydrogen-bond acceptors (Lipinski definition) is 2. The third-order valence-corrected chi connectivity index (χ3v) is 4.86. The molecule has 2 aromatic rings. The number of nitrogens with two attached hydrogens (primary N) is 1. The van der Waals surface area contributed by atoms with Gasteiger partial charge in [-0.25, -0.2) is 0 Å². The minimum absolute atomic E-state index is 0.132. The highest BCUT2D eigenvalue weighted by atomic mass is 16.2. The van der Waals surface area contributed by atoms with Gasteiger partial charge in [-0.3, -0.25) is 4.79 Å². The summed E-state index contributed by atoms with van der Waals surface area (Å²) in [6, 6.07) is 18.6. The van der Waals surface area contributed by atoms with Gasteiger partial charge in [0.2, 0.25) is 5.91 Å². The van der Waals surface area contributed by atoms with Crippen LogP contribution in [0.1, 0.15) is 35.4 Å². The summed E-state index contributed by atoms with van der Waals surface area (Å²) < 4.78 is 0. The summed E-state index contributed by atoms with van der Waals surface area (Å²) in [6.45, 7) is 4.16. The predicted molar refractivity (Wildman–Crippen MR) is 97.6 cm³/mol. The quantitative estimate of drug-likeness (QED) is 0.848. The minimum atomic E-state index is 0.132. The number of benzene rings is 2. The third kappa shape index (κ3) is 3.85. The maximum Gasteiger partial charge on any atom is 0.226 e. The lowest BCUT2D eigenvalue weighted by Gasteiger charge is -2.23. The fourth-order valence-corrected chi connectivity index (χ4v) is 3.40. The van der Waals surface area contributed by atoms with E-state index in [1.165, 1.54) is 16.7 Å². The molecule has 0 heterocycles. The molecule has 0 aromatic heterocycles. The molecule has 0 spiro atoms. The average molecular weight is 322 g/mol. The maximum absolute atomic E-state index is 13.0. The molecule has 3 rings (SSSR count). The molecule has 2 N–H and O–H groups in total. The van der Waals surface area contributed by atoms with Gasteiger partial charge < -0.3 is 10.6 Å². The predicted octanol–water partition coefficient (Wildman–Crippen LogP) is 3.48. The van der Waals surface area contributed by atoms with Crippen molar-refractivity contribution in [1.82, 2.24) is 4.90 Å². The third-order valence-electron chi connectivity index (χ3n) is 4.86. The van der Waals surface area contributed by atoms with E-state index in [0.29, 0.717) is 19.0 Å². The lowest BCUT2D eigenvalue weighted by atomic mass is 10.0. The van der Waals surface area contributed by atoms with Gasteiger partial charge in [-0.1, -0.05) is 54.6 Å². The van der Waals surface area contributed by atoms with E-state index < -0.39 is 0 Å². The number of carbonyl (C=O) groups is 1. The molecule has 3 nitrogen and oxygen atoms in total. The van der Waals surface area contributed by atoms with E-state index in [1.807, 2.05) is 23.1 Å². The fourth-order valence-electron chi connectivity index (χ4n) is 3.40. The van der Waals surface area contributed by atoms with Crippen molar-refractivity contribution >= 4 is 5.91 Å². The summed E-state index contributed by atoms with van der Waals surface area (Å²) in [5.74, 6) is 0.794. The smallest absolute Gasteiger partial charge is 0.226 e. The largest absolute Gasteiger partial charge is 0.338 e. The molecule has 3 heteroatoms. The number of nitrogens with zero attached hydrogens (tertiary/aromatic N) is 1. The first-order valence-electron chi connectivity index (χ1n) is 8.79. The van der Waals surface area contributed by atoms with E-state index >= 15 is 0 Å². The minimum Gasteiger partial charge on any atom is -0.338 e. The summed E-state index contributed by atoms with van der Waals surface area (Å²) in [6.07, 6.45) is 1.82. The summed E-state index contributed by atoms with van der Waals surface area (Å²) in [5.41, 5.74) is 9.45. The number of carbonyl (C=O) groups excluding carboxylic acids is 1. The Morgan fingerprint density at radius 1 is 1.12 bits per heavy atom. The molecule has 0 bridgehead atoms. The van der Waals surface area contributed by atoms with Crippen LogP contribution in [-0.4, -0.2) is 23.9 Å². The van der Waals surface area contributed by atoms with Gasteiger partial charge in [-0.05, 0) is 48.9 Å². The Balaban J connectivity index is 1.69. The highest BCUT2D eigenvalue weighted by Crippen LogP contribution is 2.49. The molecule has 2 unspecified atom stereocenters. The molecule has 2 aromatic carbocycles. The van der Waals surface area contributed by atoms with Crippen LogP contribution >= 0.6 is 0 Å². The highest BCUT2D eigenvalue weighted by molar-refractivity contribution is 5.83. The second kappa shape index (κ2) is 7.63. The zero-order valence-electron chi connectivity index (χ0n) is 14.3. The molecule has 0 radical (unpaired) electrons. The molecule has 0 saturated heterocycles. The van der Waals surface area contributed by atoms with Gasteiger partial charge in [0.1, 0.15) is 0 Å². The van der Waals surface area contributed by atoms with E-state index in [2.05, 4.69) is 43.3 Å². The Hall–Kier alpha value is -2.13. The Bertz CT molecular complexity index is 683. The Morgan fingerprint density at radius 3 is 2.54 bits per heavy atom. The molecule has 1 saturated carbocycles. The van der Waals surface area contributed by atoms with Gasteiger partial charge in [0.15, 0.2) is 0 Å². The molecule has 1 aliphatic carbocycles. The monoisotopic (exact) mass is 322 g/mol. The fraction of sp³-hybridized carbons (Fsp3) is 0.381. The van der Waals surface area contributed by atoms with Crippen LogP contribution in [0.3, 0.4) is 0 Å². The first kappa shape index (κ1) is 16.7. The number of aryl methyl sites for hydroxylation is 1. The van der Waals surface area contributed by atoms with E-state index in [9.17, 15) is 4.79 Å². The summed E-state index contributed by atoms with van der Waals surface area (Å²) in [7, 11) is 0. The summed E-state index contributed by atoms with van der Waals surface area (Å²) in [5, 5.41) is 0. The van der Waals surface area contributed by atoms with Crippen molar-refractivity contribution in [2.24, 2.45) is 11.7 Å². The summed E-state index contributed by atoms with van der Waals surface area (Å²) >= 11 is 0. The molecule has 2 atom stereocenters. The van der Waals surface area contributed by atoms with Crippen LogP contribution < -0.4 is 5.73 Å². The SMILES string of the molecule is Cc1ccccc1C1CC1C(=O)N(CCCN)Cc1ccccc1. The van der Waals surface area contributed by atoms with Crippen molar-refractivity contribution in [3.05, 3.63) is 71.3 Å². The van der Waals surface area contributed by atoms with Crippen molar-refractivity contribution in [2.45, 2.75) is 32.2 Å². The molecule has 126 valence electrons. The van der Waals surface area contributed by atoms with Crippen molar-refractivity contribution in [2.75, 3.05) is 13.1 Å². The molecule has 1 fully saturated rings. The number of hydrogen-bond donors (Lipinski definition) is 1. The van der Waals surface area contributed by atoms with E-state index in [4.69, 9.17) is 5.73 Å². The van der Waals surface area contributed by atoms with Gasteiger partial charge in [0.05, 0.1) is 0 Å². The maximum atomic E-state index is 13.0. The van der Waals surface area contributed by atoms with Crippen LogP contribution in [0.4, 0.5) is 0 Å². The van der Waals surface area contributed by atoms with Crippen molar-refractivity contribution in [1.29, 1.82) is 0 Å². The van der Waals surface area contributed by atoms with Crippen LogP contribution in [0, 0.1) is 12.8 Å². The Morgan fingerprint density at radius 2 is 1.83 bits per heavy atom. The van der Waals surface area contributed by atoms with Crippen molar-refractivity contribution < 1.29 is 4.79 Å². The van der Waals surface area contributed by atoms with Gasteiger partial charge >= 0.3 is 0 Å². The van der Waals surface area contributed by atoms with Gasteiger partial charge in [0, 0.05) is 19.0 Å². The zero-order chi connectivity index (χ0) is 16.9. The Labute approximate surface area is 144 Å². The van der Waals surface area contributed by atoms with Gasteiger partial charge in [-0.15, -0.1) is 0 Å². The number of amides is 1. The van der Waals surface area contributed by atoms with Gasteiger partial charge in [-0.2, -0.15) is 0 Å². The van der Waals surface area contributed by atoms with Gasteiger partial charge in [0.25, 0.3) is 0 Å². The zero-order valence-corrected chi connectivity index (χ0v) is 14.3. The average Bonchev–Trinajstić information content (AvgIpc) is 3.40. The molecular weight excluding hydrogens is 296 g/mol. The van der Waals surface area contributed by atoms with Crippen LogP contribution in [0.25, 0.3) is 0 Å². The Kier molecular flexibility index (Phi) is 5.31. The molecular formula is C21H26N2O. The first-order chi connectivity index (χ1) is 11.7. The highest BCUT2D eigenvalue weighted by Gasteiger charge is 2.46. The molecule has 1 amide bonds. The van der Waals surface area contributed by atoms with Crippen molar-refractivity contribution in [3.8, 4) is 0 Å². The van der Waals surface area contributed by atoms with E-state index in [1.54, 1.807) is 0 Å². The normalized spacial score (nSPS) is 19.1. The lowest BCUT2D eigenvalue weighted by Crippen LogP contribution is -2.34. The standard InChI is InChI=1S/C21H26N2O/c1-16-8-5-6-11-18(16)19-14-20(19)21(24)23(13-7-12-22)15-17-9-3-2-4-10-17/h2-6,8-11,19-20H,7,12-15,22H2,1H3. The number of rotatable bonds is 7.